The maximum Gasteiger partial charge on any atom is 0.201 e. The van der Waals surface area contributed by atoms with E-state index in [9.17, 15) is 17.6 Å². The van der Waals surface area contributed by atoms with E-state index in [1.54, 1.807) is 89.3 Å². The first-order valence-electron chi connectivity index (χ1n) is 19.6. The lowest BCUT2D eigenvalue weighted by atomic mass is 10.1. The zero-order chi connectivity index (χ0) is 42.7. The minimum absolute atomic E-state index is 0.278. The van der Waals surface area contributed by atoms with Crippen molar-refractivity contribution in [2.24, 2.45) is 0 Å². The SMILES string of the molecule is Cc1nc(-c2cn3ccnc3c(Cc3ccccc3F)n2)n(Cc2ccc(F)cc2)n1.Cc1nc(-c2cn3ccnc3c(Cc3ccccc3F)n2)nn1Cc1ccc(F)cc1. The predicted octanol–water partition coefficient (Wildman–Crippen LogP) is 8.43. The van der Waals surface area contributed by atoms with Gasteiger partial charge in [-0.25, -0.2) is 56.8 Å². The largest absolute Gasteiger partial charge is 0.303 e. The maximum atomic E-state index is 14.3. The fourth-order valence-electron chi connectivity index (χ4n) is 7.05. The van der Waals surface area contributed by atoms with Crippen molar-refractivity contribution in [1.29, 1.82) is 0 Å². The Morgan fingerprint density at radius 2 is 1.02 bits per heavy atom. The Bertz CT molecular complexity index is 3170. The smallest absolute Gasteiger partial charge is 0.201 e. The molecule has 10 aromatic rings. The van der Waals surface area contributed by atoms with Crippen molar-refractivity contribution >= 4 is 11.3 Å². The quantitative estimate of drug-likeness (QED) is 0.126. The van der Waals surface area contributed by atoms with E-state index in [4.69, 9.17) is 9.97 Å². The van der Waals surface area contributed by atoms with Gasteiger partial charge in [0.1, 0.15) is 46.3 Å². The first-order valence-corrected chi connectivity index (χ1v) is 19.6. The first kappa shape index (κ1) is 39.6. The third-order valence-corrected chi connectivity index (χ3v) is 10.1. The Hall–Kier alpha value is -7.88. The summed E-state index contributed by atoms with van der Waals surface area (Å²) in [5, 5.41) is 9.08. The average Bonchev–Trinajstić information content (AvgIpc) is 4.09. The van der Waals surface area contributed by atoms with E-state index in [2.05, 4.69) is 30.1 Å². The fourth-order valence-corrected chi connectivity index (χ4v) is 7.05. The number of halogens is 4. The Balaban J connectivity index is 0.000000158. The average molecular weight is 833 g/mol. The molecule has 0 aliphatic rings. The van der Waals surface area contributed by atoms with Gasteiger partial charge in [0, 0.05) is 50.0 Å². The molecule has 10 rings (SSSR count). The molecule has 0 amide bonds. The van der Waals surface area contributed by atoms with Gasteiger partial charge in [-0.05, 0) is 72.5 Å². The van der Waals surface area contributed by atoms with E-state index in [1.807, 2.05) is 40.5 Å². The summed E-state index contributed by atoms with van der Waals surface area (Å²) in [4.78, 5) is 27.4. The highest BCUT2D eigenvalue weighted by atomic mass is 19.1. The van der Waals surface area contributed by atoms with Crippen LogP contribution >= 0.6 is 0 Å². The summed E-state index contributed by atoms with van der Waals surface area (Å²) in [5.41, 5.74) is 6.66. The number of aromatic nitrogens is 12. The van der Waals surface area contributed by atoms with E-state index in [0.717, 1.165) is 11.1 Å². The van der Waals surface area contributed by atoms with Crippen LogP contribution < -0.4 is 0 Å². The molecule has 6 aromatic heterocycles. The topological polar surface area (TPSA) is 122 Å². The number of imidazole rings is 2. The molecular weight excluding hydrogens is 797 g/mol. The van der Waals surface area contributed by atoms with Crippen molar-refractivity contribution < 1.29 is 17.6 Å². The zero-order valence-corrected chi connectivity index (χ0v) is 33.4. The molecule has 16 heteroatoms. The minimum atomic E-state index is -0.288. The Morgan fingerprint density at radius 1 is 0.516 bits per heavy atom. The van der Waals surface area contributed by atoms with Gasteiger partial charge in [-0.2, -0.15) is 5.10 Å². The van der Waals surface area contributed by atoms with Gasteiger partial charge in [0.25, 0.3) is 0 Å². The molecular formula is C46H36F4N12. The first-order chi connectivity index (χ1) is 30.1. The molecule has 0 saturated carbocycles. The van der Waals surface area contributed by atoms with E-state index < -0.39 is 0 Å². The molecule has 0 atom stereocenters. The highest BCUT2D eigenvalue weighted by molar-refractivity contribution is 5.57. The van der Waals surface area contributed by atoms with Crippen molar-refractivity contribution in [3.63, 3.8) is 0 Å². The van der Waals surface area contributed by atoms with Crippen LogP contribution in [0.3, 0.4) is 0 Å². The molecule has 4 aromatic carbocycles. The van der Waals surface area contributed by atoms with Crippen molar-refractivity contribution in [2.45, 2.75) is 39.8 Å². The summed E-state index contributed by atoms with van der Waals surface area (Å²) < 4.78 is 62.1. The van der Waals surface area contributed by atoms with Crippen LogP contribution in [0.1, 0.15) is 45.3 Å². The molecule has 6 heterocycles. The van der Waals surface area contributed by atoms with Gasteiger partial charge < -0.3 is 8.80 Å². The van der Waals surface area contributed by atoms with Crippen LogP contribution in [0.25, 0.3) is 34.3 Å². The second-order valence-electron chi connectivity index (χ2n) is 14.5. The molecule has 12 nitrogen and oxygen atoms in total. The monoisotopic (exact) mass is 832 g/mol. The summed E-state index contributed by atoms with van der Waals surface area (Å²) >= 11 is 0. The number of rotatable bonds is 10. The number of nitrogens with zero attached hydrogens (tertiary/aromatic N) is 12. The van der Waals surface area contributed by atoms with Crippen LogP contribution in [0, 0.1) is 37.1 Å². The summed E-state index contributed by atoms with van der Waals surface area (Å²) in [6.07, 6.45) is 11.2. The molecule has 0 radical (unpaired) electrons. The number of aryl methyl sites for hydroxylation is 2. The Kier molecular flexibility index (Phi) is 10.9. The van der Waals surface area contributed by atoms with Crippen LogP contribution in [0.15, 0.2) is 134 Å². The van der Waals surface area contributed by atoms with Gasteiger partial charge in [-0.3, -0.25) is 0 Å². The van der Waals surface area contributed by atoms with Crippen LogP contribution in [-0.2, 0) is 25.9 Å². The molecule has 0 saturated heterocycles. The van der Waals surface area contributed by atoms with Gasteiger partial charge in [-0.1, -0.05) is 60.7 Å². The zero-order valence-electron chi connectivity index (χ0n) is 33.4. The van der Waals surface area contributed by atoms with Gasteiger partial charge in [-0.15, -0.1) is 5.10 Å². The van der Waals surface area contributed by atoms with Gasteiger partial charge in [0.15, 0.2) is 17.1 Å². The number of hydrogen-bond donors (Lipinski definition) is 0. The predicted molar refractivity (Wildman–Crippen MR) is 223 cm³/mol. The molecule has 0 N–H and O–H groups in total. The van der Waals surface area contributed by atoms with E-state index in [-0.39, 0.29) is 23.3 Å². The normalized spacial score (nSPS) is 11.3. The second-order valence-corrected chi connectivity index (χ2v) is 14.5. The lowest BCUT2D eigenvalue weighted by Gasteiger charge is -2.10. The summed E-state index contributed by atoms with van der Waals surface area (Å²) in [6.45, 7) is 4.55. The van der Waals surface area contributed by atoms with Crippen LogP contribution in [0.4, 0.5) is 17.6 Å². The molecule has 0 fully saturated rings. The minimum Gasteiger partial charge on any atom is -0.303 e. The van der Waals surface area contributed by atoms with Gasteiger partial charge in [0.2, 0.25) is 5.82 Å². The molecule has 308 valence electrons. The number of benzene rings is 4. The Labute approximate surface area is 351 Å². The van der Waals surface area contributed by atoms with Gasteiger partial charge in [0.05, 0.1) is 24.5 Å². The third kappa shape index (κ3) is 8.56. The number of fused-ring (bicyclic) bond motifs is 2. The van der Waals surface area contributed by atoms with Crippen molar-refractivity contribution in [1.82, 2.24) is 58.3 Å². The summed E-state index contributed by atoms with van der Waals surface area (Å²) in [6, 6.07) is 25.8. The van der Waals surface area contributed by atoms with Crippen LogP contribution in [0.2, 0.25) is 0 Å². The van der Waals surface area contributed by atoms with Crippen molar-refractivity contribution in [3.05, 3.63) is 203 Å². The van der Waals surface area contributed by atoms with Crippen LogP contribution in [-0.4, -0.2) is 58.3 Å². The highest BCUT2D eigenvalue weighted by Crippen LogP contribution is 2.24. The fraction of sp³-hybridized carbons (Fsp3) is 0.130. The molecule has 0 unspecified atom stereocenters. The Morgan fingerprint density at radius 3 is 1.56 bits per heavy atom. The van der Waals surface area contributed by atoms with Crippen LogP contribution in [0.5, 0.6) is 0 Å². The third-order valence-electron chi connectivity index (χ3n) is 10.1. The number of hydrogen-bond acceptors (Lipinski definition) is 8. The highest BCUT2D eigenvalue weighted by Gasteiger charge is 2.18. The molecule has 0 bridgehead atoms. The summed E-state index contributed by atoms with van der Waals surface area (Å²) in [5.74, 6) is 1.22. The van der Waals surface area contributed by atoms with Crippen molar-refractivity contribution in [2.75, 3.05) is 0 Å². The standard InChI is InChI=1S/2C23H18F2N6/c1-15-27-22(29-31(15)13-16-6-8-18(24)9-7-16)21-14-30-11-10-26-23(30)20(28-21)12-17-4-2-3-5-19(17)25;1-15-27-23(31(29-15)13-16-6-8-18(24)9-7-16)21-14-30-11-10-26-22(30)20(28-21)12-17-4-2-3-5-19(17)25/h2*2-11,14H,12-13H2,1H3. The van der Waals surface area contributed by atoms with E-state index in [1.165, 1.54) is 36.4 Å². The van der Waals surface area contributed by atoms with Gasteiger partial charge >= 0.3 is 0 Å². The second kappa shape index (κ2) is 17.0. The molecule has 62 heavy (non-hydrogen) atoms. The lowest BCUT2D eigenvalue weighted by Crippen LogP contribution is -2.08. The molecule has 0 spiro atoms. The lowest BCUT2D eigenvalue weighted by molar-refractivity contribution is 0.613. The molecule has 0 aliphatic carbocycles. The maximum absolute atomic E-state index is 14.3. The summed E-state index contributed by atoms with van der Waals surface area (Å²) in [7, 11) is 0. The van der Waals surface area contributed by atoms with E-state index in [0.29, 0.717) is 94.4 Å². The van der Waals surface area contributed by atoms with E-state index >= 15 is 0 Å². The molecule has 0 aliphatic heterocycles. The van der Waals surface area contributed by atoms with Crippen molar-refractivity contribution in [3.8, 4) is 23.0 Å².